The van der Waals surface area contributed by atoms with E-state index in [4.69, 9.17) is 11.6 Å². The van der Waals surface area contributed by atoms with E-state index >= 15 is 0 Å². The zero-order chi connectivity index (χ0) is 16.4. The summed E-state index contributed by atoms with van der Waals surface area (Å²) in [5.41, 5.74) is 2.14. The standard InChI is InChI=1S/C17H15BrClNO2S/c18-13-6-4-11(5-7-13)9-20-15(17(21)22)10-23-16(20)12-2-1-3-14(19)8-12/h1-8,15-16H,9-10H2,(H,21,22). The maximum absolute atomic E-state index is 11.6. The average molecular weight is 413 g/mol. The fraction of sp³-hybridized carbons (Fsp3) is 0.235. The molecule has 0 spiro atoms. The maximum Gasteiger partial charge on any atom is 0.321 e. The molecule has 2 aromatic rings. The van der Waals surface area contributed by atoms with Crippen molar-refractivity contribution in [2.75, 3.05) is 5.75 Å². The summed E-state index contributed by atoms with van der Waals surface area (Å²) in [6, 6.07) is 15.1. The molecule has 2 aromatic carbocycles. The molecule has 120 valence electrons. The molecule has 0 amide bonds. The fourth-order valence-electron chi connectivity index (χ4n) is 2.69. The van der Waals surface area contributed by atoms with E-state index in [1.54, 1.807) is 11.8 Å². The van der Waals surface area contributed by atoms with Gasteiger partial charge in [-0.05, 0) is 35.4 Å². The van der Waals surface area contributed by atoms with Gasteiger partial charge >= 0.3 is 5.97 Å². The van der Waals surface area contributed by atoms with E-state index in [1.807, 2.05) is 53.4 Å². The van der Waals surface area contributed by atoms with Crippen LogP contribution in [0.3, 0.4) is 0 Å². The van der Waals surface area contributed by atoms with Crippen molar-refractivity contribution in [2.24, 2.45) is 0 Å². The van der Waals surface area contributed by atoms with Gasteiger partial charge in [-0.1, -0.05) is 51.8 Å². The van der Waals surface area contributed by atoms with Crippen LogP contribution in [0.1, 0.15) is 16.5 Å². The first-order chi connectivity index (χ1) is 11.0. The fourth-order valence-corrected chi connectivity index (χ4v) is 4.61. The summed E-state index contributed by atoms with van der Waals surface area (Å²) in [7, 11) is 0. The number of thioether (sulfide) groups is 1. The number of hydrogen-bond acceptors (Lipinski definition) is 3. The van der Waals surface area contributed by atoms with Gasteiger partial charge in [0.05, 0.1) is 5.37 Å². The third-order valence-corrected chi connectivity index (χ3v) is 5.94. The van der Waals surface area contributed by atoms with Crippen molar-refractivity contribution >= 4 is 45.3 Å². The third-order valence-electron chi connectivity index (χ3n) is 3.81. The lowest BCUT2D eigenvalue weighted by Crippen LogP contribution is -2.38. The Labute approximate surface area is 152 Å². The molecule has 1 fully saturated rings. The van der Waals surface area contributed by atoms with E-state index in [0.717, 1.165) is 15.6 Å². The minimum atomic E-state index is -0.779. The smallest absolute Gasteiger partial charge is 0.321 e. The minimum Gasteiger partial charge on any atom is -0.480 e. The van der Waals surface area contributed by atoms with Crippen LogP contribution in [-0.2, 0) is 11.3 Å². The molecule has 0 aromatic heterocycles. The number of aliphatic carboxylic acids is 1. The van der Waals surface area contributed by atoms with Gasteiger partial charge in [0.25, 0.3) is 0 Å². The van der Waals surface area contributed by atoms with Gasteiger partial charge in [0.2, 0.25) is 0 Å². The van der Waals surface area contributed by atoms with Gasteiger partial charge in [0.1, 0.15) is 6.04 Å². The van der Waals surface area contributed by atoms with E-state index in [1.165, 1.54) is 0 Å². The van der Waals surface area contributed by atoms with Crippen LogP contribution in [0.25, 0.3) is 0 Å². The van der Waals surface area contributed by atoms with Crippen LogP contribution >= 0.6 is 39.3 Å². The predicted octanol–water partition coefficient (Wildman–Crippen LogP) is 4.80. The molecule has 1 N–H and O–H groups in total. The van der Waals surface area contributed by atoms with Crippen LogP contribution in [0, 0.1) is 0 Å². The molecule has 3 nitrogen and oxygen atoms in total. The molecule has 23 heavy (non-hydrogen) atoms. The summed E-state index contributed by atoms with van der Waals surface area (Å²) in [5, 5.41) is 10.2. The van der Waals surface area contributed by atoms with Gasteiger partial charge in [0.15, 0.2) is 0 Å². The van der Waals surface area contributed by atoms with Crippen molar-refractivity contribution in [3.8, 4) is 0 Å². The second-order valence-electron chi connectivity index (χ2n) is 5.39. The summed E-state index contributed by atoms with van der Waals surface area (Å²) < 4.78 is 1.01. The van der Waals surface area contributed by atoms with Gasteiger partial charge in [-0.2, -0.15) is 0 Å². The maximum atomic E-state index is 11.6. The largest absolute Gasteiger partial charge is 0.480 e. The first kappa shape index (κ1) is 16.8. The highest BCUT2D eigenvalue weighted by molar-refractivity contribution is 9.10. The van der Waals surface area contributed by atoms with Crippen molar-refractivity contribution in [1.82, 2.24) is 4.90 Å². The Morgan fingerprint density at radius 3 is 2.70 bits per heavy atom. The Balaban J connectivity index is 1.89. The van der Waals surface area contributed by atoms with Crippen molar-refractivity contribution < 1.29 is 9.90 Å². The molecule has 2 atom stereocenters. The molecule has 2 unspecified atom stereocenters. The van der Waals surface area contributed by atoms with E-state index in [9.17, 15) is 9.90 Å². The second kappa shape index (κ2) is 7.26. The lowest BCUT2D eigenvalue weighted by molar-refractivity contribution is -0.142. The zero-order valence-corrected chi connectivity index (χ0v) is 15.3. The summed E-state index contributed by atoms with van der Waals surface area (Å²) in [4.78, 5) is 13.6. The van der Waals surface area contributed by atoms with Crippen LogP contribution in [0.5, 0.6) is 0 Å². The van der Waals surface area contributed by atoms with Crippen LogP contribution < -0.4 is 0 Å². The highest BCUT2D eigenvalue weighted by Crippen LogP contribution is 2.42. The Kier molecular flexibility index (Phi) is 5.31. The molecule has 0 saturated carbocycles. The summed E-state index contributed by atoms with van der Waals surface area (Å²) in [6.07, 6.45) is 0. The highest BCUT2D eigenvalue weighted by atomic mass is 79.9. The van der Waals surface area contributed by atoms with Gasteiger partial charge in [-0.3, -0.25) is 9.69 Å². The number of carboxylic acid groups (broad SMARTS) is 1. The van der Waals surface area contributed by atoms with Crippen LogP contribution in [0.15, 0.2) is 53.0 Å². The molecule has 1 heterocycles. The minimum absolute atomic E-state index is 0.00144. The average Bonchev–Trinajstić information content (AvgIpc) is 2.93. The molecule has 0 aliphatic carbocycles. The van der Waals surface area contributed by atoms with Crippen LogP contribution in [0.2, 0.25) is 5.02 Å². The molecule has 1 saturated heterocycles. The summed E-state index contributed by atoms with van der Waals surface area (Å²) in [5.74, 6) is -0.206. The third kappa shape index (κ3) is 3.91. The molecule has 0 bridgehead atoms. The molecular formula is C17H15BrClNO2S. The Hall–Kier alpha value is -1.01. The van der Waals surface area contributed by atoms with Crippen molar-refractivity contribution in [3.63, 3.8) is 0 Å². The summed E-state index contributed by atoms with van der Waals surface area (Å²) in [6.45, 7) is 0.592. The van der Waals surface area contributed by atoms with Crippen LogP contribution in [-0.4, -0.2) is 27.8 Å². The van der Waals surface area contributed by atoms with Gasteiger partial charge in [-0.25, -0.2) is 0 Å². The lowest BCUT2D eigenvalue weighted by atomic mass is 10.1. The van der Waals surface area contributed by atoms with Gasteiger partial charge < -0.3 is 5.11 Å². The number of carboxylic acids is 1. The number of halogens is 2. The Morgan fingerprint density at radius 2 is 2.04 bits per heavy atom. The molecule has 1 aliphatic rings. The monoisotopic (exact) mass is 411 g/mol. The van der Waals surface area contributed by atoms with Gasteiger partial charge in [-0.15, -0.1) is 11.8 Å². The summed E-state index contributed by atoms with van der Waals surface area (Å²) >= 11 is 11.2. The lowest BCUT2D eigenvalue weighted by Gasteiger charge is -2.27. The zero-order valence-electron chi connectivity index (χ0n) is 12.2. The Bertz CT molecular complexity index is 710. The molecule has 0 radical (unpaired) electrons. The first-order valence-electron chi connectivity index (χ1n) is 7.14. The van der Waals surface area contributed by atoms with Crippen LogP contribution in [0.4, 0.5) is 0 Å². The predicted molar refractivity (Wildman–Crippen MR) is 97.8 cm³/mol. The molecule has 6 heteroatoms. The van der Waals surface area contributed by atoms with Crippen molar-refractivity contribution in [1.29, 1.82) is 0 Å². The number of carbonyl (C=O) groups is 1. The van der Waals surface area contributed by atoms with E-state index in [0.29, 0.717) is 17.3 Å². The second-order valence-corrected chi connectivity index (χ2v) is 7.86. The highest BCUT2D eigenvalue weighted by Gasteiger charge is 2.39. The number of rotatable bonds is 4. The first-order valence-corrected chi connectivity index (χ1v) is 9.36. The van der Waals surface area contributed by atoms with Crippen molar-refractivity contribution in [2.45, 2.75) is 18.0 Å². The molecule has 3 rings (SSSR count). The molecular weight excluding hydrogens is 398 g/mol. The van der Waals surface area contributed by atoms with E-state index < -0.39 is 12.0 Å². The number of hydrogen-bond donors (Lipinski definition) is 1. The van der Waals surface area contributed by atoms with Gasteiger partial charge in [0, 0.05) is 21.8 Å². The van der Waals surface area contributed by atoms with Crippen molar-refractivity contribution in [3.05, 3.63) is 69.2 Å². The topological polar surface area (TPSA) is 40.5 Å². The van der Waals surface area contributed by atoms with E-state index in [-0.39, 0.29) is 5.37 Å². The normalized spacial score (nSPS) is 21.5. The number of benzene rings is 2. The number of nitrogens with zero attached hydrogens (tertiary/aromatic N) is 1. The molecule has 1 aliphatic heterocycles. The Morgan fingerprint density at radius 1 is 1.30 bits per heavy atom. The van der Waals surface area contributed by atoms with E-state index in [2.05, 4.69) is 15.9 Å². The quantitative estimate of drug-likeness (QED) is 0.783. The SMILES string of the molecule is O=C(O)C1CSC(c2cccc(Cl)c2)N1Cc1ccc(Br)cc1.